The summed E-state index contributed by atoms with van der Waals surface area (Å²) in [6.07, 6.45) is 6.05. The number of hydrogen-bond acceptors (Lipinski definition) is 4. The van der Waals surface area contributed by atoms with Crippen LogP contribution in [0.1, 0.15) is 0 Å². The summed E-state index contributed by atoms with van der Waals surface area (Å²) in [6.45, 7) is 0.863. The van der Waals surface area contributed by atoms with E-state index >= 15 is 0 Å². The lowest BCUT2D eigenvalue weighted by Gasteiger charge is -2.43. The van der Waals surface area contributed by atoms with Gasteiger partial charge >= 0.3 is 0 Å². The van der Waals surface area contributed by atoms with Gasteiger partial charge in [0.2, 0.25) is 12.6 Å². The van der Waals surface area contributed by atoms with Crippen molar-refractivity contribution in [2.24, 2.45) is 0 Å². The summed E-state index contributed by atoms with van der Waals surface area (Å²) < 4.78 is 6.39. The fourth-order valence-electron chi connectivity index (χ4n) is 7.22. The highest BCUT2D eigenvalue weighted by Crippen LogP contribution is 2.22. The van der Waals surface area contributed by atoms with Gasteiger partial charge in [0.15, 0.2) is 8.07 Å². The van der Waals surface area contributed by atoms with E-state index in [1.807, 2.05) is 18.2 Å². The van der Waals surface area contributed by atoms with Crippen molar-refractivity contribution in [2.45, 2.75) is 0 Å². The summed E-state index contributed by atoms with van der Waals surface area (Å²) in [7, 11) is -0.608. The molecule has 1 aromatic heterocycles. The van der Waals surface area contributed by atoms with Gasteiger partial charge in [-0.1, -0.05) is 126 Å². The Bertz CT molecular complexity index is 1960. The zero-order chi connectivity index (χ0) is 30.2. The standard InChI is InChI=1S/C39H32BN3OSi/c1-42-25-26-43(29-42)31-14-12-13-30(27-31)40-35-19-8-9-20-37(35)45(33-15-4-2-5-16-33,34-17-6-3-7-18-34)38-23-22-32(28-36(38)40)44-39-21-10-11-24-41-39/h2-28H,29H2,1H3. The summed E-state index contributed by atoms with van der Waals surface area (Å²) in [6, 6.07) is 53.0. The van der Waals surface area contributed by atoms with Crippen LogP contribution in [-0.4, -0.2) is 38.4 Å². The molecule has 8 rings (SSSR count). The van der Waals surface area contributed by atoms with Crippen LogP contribution in [-0.2, 0) is 0 Å². The molecule has 0 amide bonds. The Morgan fingerprint density at radius 2 is 1.36 bits per heavy atom. The van der Waals surface area contributed by atoms with Crippen LogP contribution < -0.4 is 46.8 Å². The third kappa shape index (κ3) is 4.66. The van der Waals surface area contributed by atoms with Gasteiger partial charge in [0.1, 0.15) is 5.75 Å². The Morgan fingerprint density at radius 3 is 2.07 bits per heavy atom. The second kappa shape index (κ2) is 11.3. The summed E-state index contributed by atoms with van der Waals surface area (Å²) in [5, 5.41) is 5.58. The van der Waals surface area contributed by atoms with Crippen LogP contribution in [0.4, 0.5) is 5.69 Å². The van der Waals surface area contributed by atoms with Gasteiger partial charge in [0.25, 0.3) is 0 Å². The van der Waals surface area contributed by atoms with E-state index in [9.17, 15) is 0 Å². The van der Waals surface area contributed by atoms with Gasteiger partial charge in [-0.15, -0.1) is 0 Å². The number of hydrogen-bond donors (Lipinski definition) is 0. The van der Waals surface area contributed by atoms with Crippen molar-refractivity contribution in [1.29, 1.82) is 0 Å². The van der Waals surface area contributed by atoms with Crippen molar-refractivity contribution in [3.05, 3.63) is 164 Å². The topological polar surface area (TPSA) is 28.6 Å². The number of rotatable bonds is 6. The van der Waals surface area contributed by atoms with E-state index in [1.54, 1.807) is 6.20 Å². The van der Waals surface area contributed by atoms with Gasteiger partial charge in [-0.3, -0.25) is 0 Å². The first-order chi connectivity index (χ1) is 22.2. The highest BCUT2D eigenvalue weighted by atomic mass is 28.3. The molecule has 0 atom stereocenters. The molecule has 5 aromatic carbocycles. The highest BCUT2D eigenvalue weighted by Gasteiger charge is 2.50. The lowest BCUT2D eigenvalue weighted by molar-refractivity contribution is 0.463. The van der Waals surface area contributed by atoms with E-state index in [0.717, 1.165) is 12.4 Å². The molecular formula is C39H32BN3OSi. The molecule has 0 bridgehead atoms. The summed E-state index contributed by atoms with van der Waals surface area (Å²) in [5.41, 5.74) is 5.09. The van der Waals surface area contributed by atoms with E-state index in [2.05, 4.69) is 162 Å². The average molecular weight is 598 g/mol. The molecule has 2 aliphatic rings. The van der Waals surface area contributed by atoms with Crippen LogP contribution >= 0.6 is 0 Å². The largest absolute Gasteiger partial charge is 0.439 e. The molecule has 0 radical (unpaired) electrons. The second-order valence-electron chi connectivity index (χ2n) is 11.8. The molecule has 0 unspecified atom stereocenters. The number of anilines is 1. The van der Waals surface area contributed by atoms with E-state index in [0.29, 0.717) is 5.88 Å². The van der Waals surface area contributed by atoms with Crippen LogP contribution in [0.15, 0.2) is 164 Å². The quantitative estimate of drug-likeness (QED) is 0.276. The molecular weight excluding hydrogens is 565 g/mol. The maximum atomic E-state index is 6.39. The molecule has 45 heavy (non-hydrogen) atoms. The molecule has 4 nitrogen and oxygen atoms in total. The van der Waals surface area contributed by atoms with Crippen LogP contribution in [0.25, 0.3) is 0 Å². The van der Waals surface area contributed by atoms with Crippen LogP contribution in [0.3, 0.4) is 0 Å². The van der Waals surface area contributed by atoms with Gasteiger partial charge in [0.05, 0.1) is 6.67 Å². The molecule has 0 aliphatic carbocycles. The zero-order valence-electron chi connectivity index (χ0n) is 25.1. The molecule has 0 saturated carbocycles. The van der Waals surface area contributed by atoms with Crippen LogP contribution in [0, 0.1) is 0 Å². The Kier molecular flexibility index (Phi) is 6.84. The molecule has 0 N–H and O–H groups in total. The minimum absolute atomic E-state index is 0.0285. The van der Waals surface area contributed by atoms with Crippen LogP contribution in [0.2, 0.25) is 0 Å². The second-order valence-corrected chi connectivity index (χ2v) is 15.5. The smallest absolute Gasteiger partial charge is 0.241 e. The van der Waals surface area contributed by atoms with Crippen LogP contribution in [0.5, 0.6) is 11.6 Å². The number of pyridine rings is 1. The molecule has 0 saturated heterocycles. The fraction of sp³-hybridized carbons (Fsp3) is 0.0513. The molecule has 216 valence electrons. The maximum Gasteiger partial charge on any atom is 0.241 e. The van der Waals surface area contributed by atoms with E-state index in [1.165, 1.54) is 42.8 Å². The minimum Gasteiger partial charge on any atom is -0.439 e. The normalized spacial score (nSPS) is 14.6. The lowest BCUT2D eigenvalue weighted by atomic mass is 9.36. The highest BCUT2D eigenvalue weighted by molar-refractivity contribution is 7.26. The first kappa shape index (κ1) is 27.2. The maximum absolute atomic E-state index is 6.39. The van der Waals surface area contributed by atoms with E-state index in [-0.39, 0.29) is 6.71 Å². The summed E-state index contributed by atoms with van der Waals surface area (Å²) in [4.78, 5) is 8.95. The van der Waals surface area contributed by atoms with E-state index in [4.69, 9.17) is 4.74 Å². The van der Waals surface area contributed by atoms with Crippen molar-refractivity contribution >= 4 is 57.6 Å². The van der Waals surface area contributed by atoms with Gasteiger partial charge in [-0.25, -0.2) is 4.98 Å². The summed E-state index contributed by atoms with van der Waals surface area (Å²) >= 11 is 0. The first-order valence-corrected chi connectivity index (χ1v) is 17.4. The lowest BCUT2D eigenvalue weighted by Crippen LogP contribution is -2.86. The SMILES string of the molecule is CN1C=CN(c2cccc(B3c4ccccc4[Si](c4ccccc4)(c4ccccc4)c4ccc(Oc5ccccn5)cc43)c2)C1. The fourth-order valence-corrected chi connectivity index (χ4v) is 12.5. The van der Waals surface area contributed by atoms with Crippen molar-refractivity contribution < 1.29 is 4.74 Å². The average Bonchev–Trinajstić information content (AvgIpc) is 3.54. The summed E-state index contributed by atoms with van der Waals surface area (Å²) in [5.74, 6) is 1.38. The van der Waals surface area contributed by atoms with E-state index < -0.39 is 8.07 Å². The molecule has 6 heteroatoms. The predicted octanol–water partition coefficient (Wildman–Crippen LogP) is 3.26. The van der Waals surface area contributed by atoms with Crippen molar-refractivity contribution in [3.8, 4) is 11.6 Å². The monoisotopic (exact) mass is 597 g/mol. The van der Waals surface area contributed by atoms with Crippen molar-refractivity contribution in [3.63, 3.8) is 0 Å². The minimum atomic E-state index is -2.71. The van der Waals surface area contributed by atoms with Crippen molar-refractivity contribution in [2.75, 3.05) is 18.6 Å². The number of ether oxygens (including phenoxy) is 1. The van der Waals surface area contributed by atoms with Gasteiger partial charge in [-0.2, -0.15) is 0 Å². The third-order valence-electron chi connectivity index (χ3n) is 9.10. The van der Waals surface area contributed by atoms with Gasteiger partial charge < -0.3 is 14.5 Å². The Labute approximate surface area is 266 Å². The molecule has 3 heterocycles. The number of aromatic nitrogens is 1. The number of fused-ring (bicyclic) bond motifs is 2. The number of benzene rings is 5. The van der Waals surface area contributed by atoms with Crippen molar-refractivity contribution in [1.82, 2.24) is 9.88 Å². The predicted molar refractivity (Wildman–Crippen MR) is 190 cm³/mol. The molecule has 2 aliphatic heterocycles. The van der Waals surface area contributed by atoms with Gasteiger partial charge in [-0.05, 0) is 51.1 Å². The molecule has 0 fully saturated rings. The molecule has 6 aromatic rings. The van der Waals surface area contributed by atoms with Gasteiger partial charge in [0, 0.05) is 37.4 Å². The Morgan fingerprint density at radius 1 is 0.644 bits per heavy atom. The third-order valence-corrected chi connectivity index (χ3v) is 14.0. The number of nitrogens with zero attached hydrogens (tertiary/aromatic N) is 3. The Hall–Kier alpha value is -5.33. The Balaban J connectivity index is 1.41. The first-order valence-electron chi connectivity index (χ1n) is 15.4. The molecule has 0 spiro atoms. The zero-order valence-corrected chi connectivity index (χ0v) is 26.1.